The van der Waals surface area contributed by atoms with E-state index in [0.29, 0.717) is 40.9 Å². The molecular formula is C20H21BrO5. The maximum Gasteiger partial charge on any atom is 0.161 e. The van der Waals surface area contributed by atoms with E-state index in [9.17, 15) is 5.11 Å². The van der Waals surface area contributed by atoms with E-state index in [0.717, 1.165) is 16.5 Å². The van der Waals surface area contributed by atoms with Crippen molar-refractivity contribution in [2.45, 2.75) is 19.4 Å². The van der Waals surface area contributed by atoms with Crippen LogP contribution in [-0.2, 0) is 0 Å². The smallest absolute Gasteiger partial charge is 0.161 e. The van der Waals surface area contributed by atoms with Crippen LogP contribution in [-0.4, -0.2) is 25.9 Å². The zero-order valence-electron chi connectivity index (χ0n) is 14.9. The van der Waals surface area contributed by atoms with Crippen LogP contribution in [0.5, 0.6) is 23.0 Å². The summed E-state index contributed by atoms with van der Waals surface area (Å²) in [4.78, 5) is 0. The van der Waals surface area contributed by atoms with Crippen molar-refractivity contribution in [2.75, 3.05) is 20.8 Å². The molecule has 26 heavy (non-hydrogen) atoms. The van der Waals surface area contributed by atoms with Crippen molar-refractivity contribution in [1.82, 2.24) is 0 Å². The number of ether oxygens (including phenoxy) is 4. The van der Waals surface area contributed by atoms with Gasteiger partial charge in [0.1, 0.15) is 23.4 Å². The number of aliphatic hydroxyl groups excluding tert-OH is 1. The molecule has 0 saturated carbocycles. The summed E-state index contributed by atoms with van der Waals surface area (Å²) >= 11 is 3.49. The highest BCUT2D eigenvalue weighted by atomic mass is 79.9. The Kier molecular flexibility index (Phi) is 5.74. The number of aliphatic hydroxyl groups is 1. The fourth-order valence-corrected chi connectivity index (χ4v) is 3.20. The van der Waals surface area contributed by atoms with Gasteiger partial charge in [0, 0.05) is 17.2 Å². The molecule has 1 N–H and O–H groups in total. The number of hydrogen-bond acceptors (Lipinski definition) is 5. The van der Waals surface area contributed by atoms with Crippen LogP contribution in [0.25, 0.3) is 5.76 Å². The van der Waals surface area contributed by atoms with E-state index in [1.807, 2.05) is 25.1 Å². The first-order chi connectivity index (χ1) is 12.6. The van der Waals surface area contributed by atoms with E-state index in [-0.39, 0.29) is 0 Å². The minimum absolute atomic E-state index is 0.551. The van der Waals surface area contributed by atoms with Crippen LogP contribution in [0.1, 0.15) is 30.6 Å². The Morgan fingerprint density at radius 3 is 2.54 bits per heavy atom. The number of rotatable bonds is 6. The molecule has 1 aliphatic heterocycles. The Labute approximate surface area is 161 Å². The van der Waals surface area contributed by atoms with Crippen molar-refractivity contribution in [2.24, 2.45) is 0 Å². The SMILES string of the molecule is CCCOc1cc2c(cc1Br)C(O)C=C(c1ccc(OC)c(OC)c1)O2. The Hall–Kier alpha value is -2.18. The molecule has 138 valence electrons. The molecule has 0 bridgehead atoms. The highest BCUT2D eigenvalue weighted by Gasteiger charge is 2.24. The third-order valence-corrected chi connectivity index (χ3v) is 4.66. The molecule has 0 aliphatic carbocycles. The highest BCUT2D eigenvalue weighted by molar-refractivity contribution is 9.10. The lowest BCUT2D eigenvalue weighted by Crippen LogP contribution is -2.10. The van der Waals surface area contributed by atoms with Crippen LogP contribution in [0, 0.1) is 0 Å². The first-order valence-corrected chi connectivity index (χ1v) is 9.13. The second kappa shape index (κ2) is 8.01. The van der Waals surface area contributed by atoms with Gasteiger partial charge in [0.05, 0.1) is 25.3 Å². The maximum absolute atomic E-state index is 10.5. The van der Waals surface area contributed by atoms with Crippen molar-refractivity contribution in [3.63, 3.8) is 0 Å². The molecule has 0 amide bonds. The van der Waals surface area contributed by atoms with Crippen molar-refractivity contribution in [3.8, 4) is 23.0 Å². The zero-order chi connectivity index (χ0) is 18.7. The number of fused-ring (bicyclic) bond motifs is 1. The summed E-state index contributed by atoms with van der Waals surface area (Å²) in [6.45, 7) is 2.66. The predicted molar refractivity (Wildman–Crippen MR) is 103 cm³/mol. The summed E-state index contributed by atoms with van der Waals surface area (Å²) in [5.41, 5.74) is 1.47. The first kappa shape index (κ1) is 18.6. The highest BCUT2D eigenvalue weighted by Crippen LogP contribution is 2.42. The van der Waals surface area contributed by atoms with Gasteiger partial charge in [-0.3, -0.25) is 0 Å². The Morgan fingerprint density at radius 2 is 1.85 bits per heavy atom. The lowest BCUT2D eigenvalue weighted by atomic mass is 10.0. The van der Waals surface area contributed by atoms with Crippen LogP contribution in [0.4, 0.5) is 0 Å². The number of benzene rings is 2. The van der Waals surface area contributed by atoms with E-state index in [1.165, 1.54) is 0 Å². The Balaban J connectivity index is 1.95. The molecule has 2 aromatic carbocycles. The zero-order valence-corrected chi connectivity index (χ0v) is 16.5. The molecule has 6 heteroatoms. The second-order valence-corrected chi connectivity index (χ2v) is 6.67. The first-order valence-electron chi connectivity index (χ1n) is 8.33. The van der Waals surface area contributed by atoms with Gasteiger partial charge in [-0.25, -0.2) is 0 Å². The van der Waals surface area contributed by atoms with Gasteiger partial charge in [-0.15, -0.1) is 0 Å². The summed E-state index contributed by atoms with van der Waals surface area (Å²) in [5.74, 6) is 3.03. The molecule has 1 heterocycles. The molecule has 0 spiro atoms. The van der Waals surface area contributed by atoms with Gasteiger partial charge >= 0.3 is 0 Å². The van der Waals surface area contributed by atoms with Crippen LogP contribution in [0.15, 0.2) is 40.9 Å². The van der Waals surface area contributed by atoms with E-state index in [1.54, 1.807) is 32.4 Å². The topological polar surface area (TPSA) is 57.2 Å². The second-order valence-electron chi connectivity index (χ2n) is 5.82. The molecule has 1 unspecified atom stereocenters. The fourth-order valence-electron chi connectivity index (χ4n) is 2.72. The summed E-state index contributed by atoms with van der Waals surface area (Å²) in [6, 6.07) is 9.10. The van der Waals surface area contributed by atoms with Crippen molar-refractivity contribution in [3.05, 3.63) is 52.0 Å². The van der Waals surface area contributed by atoms with Gasteiger partial charge in [-0.05, 0) is 52.7 Å². The van der Waals surface area contributed by atoms with Crippen LogP contribution in [0.2, 0.25) is 0 Å². The monoisotopic (exact) mass is 420 g/mol. The van der Waals surface area contributed by atoms with Gasteiger partial charge in [-0.2, -0.15) is 0 Å². The molecule has 0 saturated heterocycles. The van der Waals surface area contributed by atoms with Crippen LogP contribution < -0.4 is 18.9 Å². The standard InChI is InChI=1S/C20H21BrO5/c1-4-7-25-19-11-18-13(9-14(19)21)15(22)10-17(26-18)12-5-6-16(23-2)20(8-12)24-3/h5-6,8-11,15,22H,4,7H2,1-3H3. The molecule has 0 radical (unpaired) electrons. The van der Waals surface area contributed by atoms with Gasteiger partial charge in [-0.1, -0.05) is 6.92 Å². The summed E-state index contributed by atoms with van der Waals surface area (Å²) in [5, 5.41) is 10.5. The molecular weight excluding hydrogens is 400 g/mol. The summed E-state index contributed by atoms with van der Waals surface area (Å²) in [6.07, 6.45) is 1.80. The van der Waals surface area contributed by atoms with Crippen LogP contribution >= 0.6 is 15.9 Å². The van der Waals surface area contributed by atoms with Crippen molar-refractivity contribution < 1.29 is 24.1 Å². The fraction of sp³-hybridized carbons (Fsp3) is 0.300. The summed E-state index contributed by atoms with van der Waals surface area (Å²) in [7, 11) is 3.17. The molecule has 2 aromatic rings. The minimum atomic E-state index is -0.779. The van der Waals surface area contributed by atoms with Gasteiger partial charge in [0.25, 0.3) is 0 Å². The van der Waals surface area contributed by atoms with Crippen molar-refractivity contribution >= 4 is 21.7 Å². The number of hydrogen-bond donors (Lipinski definition) is 1. The lowest BCUT2D eigenvalue weighted by molar-refractivity contribution is 0.216. The average Bonchev–Trinajstić information content (AvgIpc) is 2.66. The molecule has 5 nitrogen and oxygen atoms in total. The van der Waals surface area contributed by atoms with Crippen molar-refractivity contribution in [1.29, 1.82) is 0 Å². The Morgan fingerprint density at radius 1 is 1.08 bits per heavy atom. The largest absolute Gasteiger partial charge is 0.493 e. The lowest BCUT2D eigenvalue weighted by Gasteiger charge is -2.24. The number of methoxy groups -OCH3 is 2. The molecule has 3 rings (SSSR count). The normalized spacial score (nSPS) is 15.6. The predicted octanol–water partition coefficient (Wildman–Crippen LogP) is 4.72. The minimum Gasteiger partial charge on any atom is -0.493 e. The van der Waals surface area contributed by atoms with E-state index in [2.05, 4.69) is 15.9 Å². The van der Waals surface area contributed by atoms with E-state index < -0.39 is 6.10 Å². The van der Waals surface area contributed by atoms with Gasteiger partial charge in [0.2, 0.25) is 0 Å². The average molecular weight is 421 g/mol. The van der Waals surface area contributed by atoms with Gasteiger partial charge in [0.15, 0.2) is 11.5 Å². The quantitative estimate of drug-likeness (QED) is 0.732. The van der Waals surface area contributed by atoms with E-state index in [4.69, 9.17) is 18.9 Å². The van der Waals surface area contributed by atoms with Gasteiger partial charge < -0.3 is 24.1 Å². The third-order valence-electron chi connectivity index (χ3n) is 4.04. The molecule has 0 fully saturated rings. The summed E-state index contributed by atoms with van der Waals surface area (Å²) < 4.78 is 23.2. The molecule has 1 atom stereocenters. The number of halogens is 1. The maximum atomic E-state index is 10.5. The molecule has 0 aromatic heterocycles. The molecule has 1 aliphatic rings. The van der Waals surface area contributed by atoms with Crippen LogP contribution in [0.3, 0.4) is 0 Å². The Bertz CT molecular complexity index is 831. The third kappa shape index (κ3) is 3.66. The van der Waals surface area contributed by atoms with E-state index >= 15 is 0 Å².